The Balaban J connectivity index is 2.76. The Morgan fingerprint density at radius 1 is 1.32 bits per heavy atom. The molecular weight excluding hydrogens is 260 g/mol. The Bertz CT molecular complexity index is 329. The van der Waals surface area contributed by atoms with Gasteiger partial charge >= 0.3 is 0 Å². The molecule has 1 rings (SSSR count). The molecule has 0 aromatic carbocycles. The first-order chi connectivity index (χ1) is 9.00. The molecule has 2 amide bonds. The fraction of sp³-hybridized carbons (Fsp3) is 0.857. The van der Waals surface area contributed by atoms with Crippen molar-refractivity contribution in [2.75, 3.05) is 18.1 Å². The van der Waals surface area contributed by atoms with Gasteiger partial charge in [-0.1, -0.05) is 20.8 Å². The standard InChI is InChI=1S/C14H26N2O2S/c1-5-14(6-2)13(18)16(10-12(17)15-14)11(4)8-9-19-7-3/h11H,5-10H2,1-4H3,(H,15,17). The van der Waals surface area contributed by atoms with Gasteiger partial charge in [-0.15, -0.1) is 0 Å². The Morgan fingerprint density at radius 2 is 1.95 bits per heavy atom. The van der Waals surface area contributed by atoms with Gasteiger partial charge in [-0.2, -0.15) is 11.8 Å². The Labute approximate surface area is 120 Å². The fourth-order valence-electron chi connectivity index (χ4n) is 2.50. The van der Waals surface area contributed by atoms with Crippen LogP contribution < -0.4 is 5.32 Å². The third-order valence-corrected chi connectivity index (χ3v) is 4.92. The number of carbonyl (C=O) groups is 2. The van der Waals surface area contributed by atoms with Crippen LogP contribution in [0.2, 0.25) is 0 Å². The summed E-state index contributed by atoms with van der Waals surface area (Å²) in [5.74, 6) is 2.19. The van der Waals surface area contributed by atoms with Crippen molar-refractivity contribution in [1.29, 1.82) is 0 Å². The summed E-state index contributed by atoms with van der Waals surface area (Å²) >= 11 is 1.88. The number of nitrogens with one attached hydrogen (secondary N) is 1. The van der Waals surface area contributed by atoms with Gasteiger partial charge in [0, 0.05) is 6.04 Å². The van der Waals surface area contributed by atoms with Gasteiger partial charge in [0.25, 0.3) is 0 Å². The van der Waals surface area contributed by atoms with E-state index < -0.39 is 5.54 Å². The second-order valence-corrected chi connectivity index (χ2v) is 6.50. The van der Waals surface area contributed by atoms with E-state index in [1.54, 1.807) is 4.90 Å². The first-order valence-electron chi connectivity index (χ1n) is 7.20. The van der Waals surface area contributed by atoms with Gasteiger partial charge in [-0.25, -0.2) is 0 Å². The topological polar surface area (TPSA) is 49.4 Å². The van der Waals surface area contributed by atoms with Gasteiger partial charge in [-0.05, 0) is 37.7 Å². The first-order valence-corrected chi connectivity index (χ1v) is 8.36. The van der Waals surface area contributed by atoms with E-state index in [2.05, 4.69) is 12.2 Å². The van der Waals surface area contributed by atoms with Crippen LogP contribution in [-0.2, 0) is 9.59 Å². The molecule has 1 aliphatic rings. The smallest absolute Gasteiger partial charge is 0.249 e. The van der Waals surface area contributed by atoms with Crippen LogP contribution in [0.1, 0.15) is 47.0 Å². The molecule has 0 bridgehead atoms. The Morgan fingerprint density at radius 3 is 2.47 bits per heavy atom. The molecule has 1 saturated heterocycles. The lowest BCUT2D eigenvalue weighted by atomic mass is 9.88. The van der Waals surface area contributed by atoms with Crippen molar-refractivity contribution in [3.63, 3.8) is 0 Å². The highest BCUT2D eigenvalue weighted by Crippen LogP contribution is 2.24. The van der Waals surface area contributed by atoms with Crippen LogP contribution in [0.3, 0.4) is 0 Å². The lowest BCUT2D eigenvalue weighted by Crippen LogP contribution is -2.67. The SMILES string of the molecule is CCSCCC(C)N1CC(=O)NC(CC)(CC)C1=O. The second-order valence-electron chi connectivity index (χ2n) is 5.11. The normalized spacial score (nSPS) is 20.3. The molecule has 0 saturated carbocycles. The molecule has 0 aromatic heterocycles. The second kappa shape index (κ2) is 7.17. The largest absolute Gasteiger partial charge is 0.340 e. The zero-order valence-corrected chi connectivity index (χ0v) is 13.3. The summed E-state index contributed by atoms with van der Waals surface area (Å²) in [5, 5.41) is 2.90. The van der Waals surface area contributed by atoms with Crippen LogP contribution in [-0.4, -0.2) is 46.3 Å². The molecule has 1 atom stereocenters. The van der Waals surface area contributed by atoms with E-state index in [4.69, 9.17) is 0 Å². The predicted octanol–water partition coefficient (Wildman–Crippen LogP) is 2.04. The number of amides is 2. The molecule has 1 heterocycles. The van der Waals surface area contributed by atoms with E-state index in [0.717, 1.165) is 17.9 Å². The molecule has 1 unspecified atom stereocenters. The van der Waals surface area contributed by atoms with Crippen LogP contribution >= 0.6 is 11.8 Å². The summed E-state index contributed by atoms with van der Waals surface area (Å²) < 4.78 is 0. The van der Waals surface area contributed by atoms with Gasteiger partial charge in [0.2, 0.25) is 11.8 Å². The average Bonchev–Trinajstić information content (AvgIpc) is 2.41. The summed E-state index contributed by atoms with van der Waals surface area (Å²) in [4.78, 5) is 26.3. The summed E-state index contributed by atoms with van der Waals surface area (Å²) in [6, 6.07) is 0.134. The minimum absolute atomic E-state index is 0.0294. The minimum Gasteiger partial charge on any atom is -0.340 e. The highest BCUT2D eigenvalue weighted by atomic mass is 32.2. The fourth-order valence-corrected chi connectivity index (χ4v) is 3.30. The summed E-state index contributed by atoms with van der Waals surface area (Å²) in [6.45, 7) is 8.31. The summed E-state index contributed by atoms with van der Waals surface area (Å²) in [5.41, 5.74) is -0.679. The molecule has 5 heteroatoms. The van der Waals surface area contributed by atoms with Crippen molar-refractivity contribution in [2.24, 2.45) is 0 Å². The van der Waals surface area contributed by atoms with E-state index >= 15 is 0 Å². The third-order valence-electron chi connectivity index (χ3n) is 3.99. The number of hydrogen-bond donors (Lipinski definition) is 1. The maximum absolute atomic E-state index is 12.6. The lowest BCUT2D eigenvalue weighted by molar-refractivity contribution is -0.152. The monoisotopic (exact) mass is 286 g/mol. The Hall–Kier alpha value is -0.710. The van der Waals surface area contributed by atoms with E-state index in [0.29, 0.717) is 12.8 Å². The van der Waals surface area contributed by atoms with E-state index in [1.165, 1.54) is 0 Å². The van der Waals surface area contributed by atoms with Gasteiger partial charge in [0.05, 0.1) is 6.54 Å². The van der Waals surface area contributed by atoms with Crippen molar-refractivity contribution < 1.29 is 9.59 Å². The highest BCUT2D eigenvalue weighted by Gasteiger charge is 2.45. The number of rotatable bonds is 7. The van der Waals surface area contributed by atoms with E-state index in [1.807, 2.05) is 32.5 Å². The van der Waals surface area contributed by atoms with Crippen LogP contribution in [0.15, 0.2) is 0 Å². The van der Waals surface area contributed by atoms with Gasteiger partial charge in [0.15, 0.2) is 0 Å². The van der Waals surface area contributed by atoms with Crippen molar-refractivity contribution in [3.8, 4) is 0 Å². The Kier molecular flexibility index (Phi) is 6.17. The molecule has 19 heavy (non-hydrogen) atoms. The average molecular weight is 286 g/mol. The third kappa shape index (κ3) is 3.65. The van der Waals surface area contributed by atoms with Crippen LogP contribution in [0, 0.1) is 0 Å². The van der Waals surface area contributed by atoms with Crippen LogP contribution in [0.25, 0.3) is 0 Å². The molecule has 4 nitrogen and oxygen atoms in total. The molecule has 0 aromatic rings. The van der Waals surface area contributed by atoms with Gasteiger partial charge < -0.3 is 10.2 Å². The van der Waals surface area contributed by atoms with Gasteiger partial charge in [-0.3, -0.25) is 9.59 Å². The van der Waals surface area contributed by atoms with Crippen molar-refractivity contribution in [2.45, 2.75) is 58.5 Å². The van der Waals surface area contributed by atoms with Crippen LogP contribution in [0.4, 0.5) is 0 Å². The molecule has 1 aliphatic heterocycles. The molecule has 0 spiro atoms. The number of thioether (sulfide) groups is 1. The van der Waals surface area contributed by atoms with Crippen molar-refractivity contribution in [1.82, 2.24) is 10.2 Å². The van der Waals surface area contributed by atoms with E-state index in [9.17, 15) is 9.59 Å². The zero-order chi connectivity index (χ0) is 14.5. The molecule has 0 radical (unpaired) electrons. The van der Waals surface area contributed by atoms with E-state index in [-0.39, 0.29) is 24.4 Å². The quantitative estimate of drug-likeness (QED) is 0.729. The predicted molar refractivity (Wildman–Crippen MR) is 80.2 cm³/mol. The number of carbonyl (C=O) groups excluding carboxylic acids is 2. The van der Waals surface area contributed by atoms with Crippen molar-refractivity contribution >= 4 is 23.6 Å². The molecule has 1 N–H and O–H groups in total. The summed E-state index contributed by atoms with van der Waals surface area (Å²) in [6.07, 6.45) is 2.25. The molecular formula is C14H26N2O2S. The lowest BCUT2D eigenvalue weighted by Gasteiger charge is -2.43. The number of piperazine rings is 1. The van der Waals surface area contributed by atoms with Gasteiger partial charge in [0.1, 0.15) is 5.54 Å². The molecule has 1 fully saturated rings. The molecule has 110 valence electrons. The molecule has 0 aliphatic carbocycles. The number of hydrogen-bond acceptors (Lipinski definition) is 3. The highest BCUT2D eigenvalue weighted by molar-refractivity contribution is 7.99. The number of nitrogens with zero attached hydrogens (tertiary/aromatic N) is 1. The first kappa shape index (κ1) is 16.3. The maximum Gasteiger partial charge on any atom is 0.249 e. The van der Waals surface area contributed by atoms with Crippen molar-refractivity contribution in [3.05, 3.63) is 0 Å². The zero-order valence-electron chi connectivity index (χ0n) is 12.5. The minimum atomic E-state index is -0.679. The maximum atomic E-state index is 12.6. The summed E-state index contributed by atoms with van der Waals surface area (Å²) in [7, 11) is 0. The van der Waals surface area contributed by atoms with Crippen LogP contribution in [0.5, 0.6) is 0 Å².